The van der Waals surface area contributed by atoms with Crippen LogP contribution in [-0.4, -0.2) is 17.3 Å². The van der Waals surface area contributed by atoms with E-state index < -0.39 is 0 Å². The summed E-state index contributed by atoms with van der Waals surface area (Å²) in [4.78, 5) is 11.2. The van der Waals surface area contributed by atoms with Crippen molar-refractivity contribution in [2.75, 3.05) is 7.11 Å². The van der Waals surface area contributed by atoms with Gasteiger partial charge in [-0.1, -0.05) is 29.8 Å². The van der Waals surface area contributed by atoms with Crippen LogP contribution in [0, 0.1) is 6.92 Å². The van der Waals surface area contributed by atoms with Gasteiger partial charge in [0.2, 0.25) is 0 Å². The molecule has 0 unspecified atom stereocenters. The smallest absolute Gasteiger partial charge is 0.306 e. The number of aryl methyl sites for hydroxylation is 1. The first-order valence-electron chi connectivity index (χ1n) is 4.91. The number of rotatable bonds is 2. The first-order valence-corrected chi connectivity index (χ1v) is 4.91. The van der Waals surface area contributed by atoms with E-state index in [1.165, 1.54) is 12.7 Å². The van der Waals surface area contributed by atoms with Gasteiger partial charge in [0.15, 0.2) is 5.75 Å². The SMILES string of the molecule is COc1cc(-c2ccc(C)cc2)n[nH]c1=O. The largest absolute Gasteiger partial charge is 0.491 e. The van der Waals surface area contributed by atoms with Crippen LogP contribution in [0.2, 0.25) is 0 Å². The van der Waals surface area contributed by atoms with E-state index in [9.17, 15) is 4.79 Å². The molecule has 1 heterocycles. The molecule has 0 radical (unpaired) electrons. The van der Waals surface area contributed by atoms with E-state index >= 15 is 0 Å². The number of H-pyrrole nitrogens is 1. The summed E-state index contributed by atoms with van der Waals surface area (Å²) in [6, 6.07) is 9.53. The van der Waals surface area contributed by atoms with E-state index in [0.29, 0.717) is 5.69 Å². The van der Waals surface area contributed by atoms with E-state index in [2.05, 4.69) is 10.2 Å². The Morgan fingerprint density at radius 3 is 2.56 bits per heavy atom. The first-order chi connectivity index (χ1) is 7.70. The fourth-order valence-corrected chi connectivity index (χ4v) is 1.41. The van der Waals surface area contributed by atoms with Crippen molar-refractivity contribution in [2.45, 2.75) is 6.92 Å². The van der Waals surface area contributed by atoms with E-state index in [1.807, 2.05) is 31.2 Å². The molecule has 4 heteroatoms. The molecule has 2 aromatic rings. The number of hydrogen-bond acceptors (Lipinski definition) is 3. The van der Waals surface area contributed by atoms with Crippen LogP contribution < -0.4 is 10.3 Å². The number of hydrogen-bond donors (Lipinski definition) is 1. The number of nitrogens with zero attached hydrogens (tertiary/aromatic N) is 1. The molecule has 16 heavy (non-hydrogen) atoms. The molecule has 1 N–H and O–H groups in total. The Kier molecular flexibility index (Phi) is 2.72. The van der Waals surface area contributed by atoms with Crippen molar-refractivity contribution < 1.29 is 4.74 Å². The van der Waals surface area contributed by atoms with Gasteiger partial charge in [0.05, 0.1) is 12.8 Å². The normalized spacial score (nSPS) is 10.1. The summed E-state index contributed by atoms with van der Waals surface area (Å²) in [7, 11) is 1.46. The van der Waals surface area contributed by atoms with Crippen molar-refractivity contribution in [1.82, 2.24) is 10.2 Å². The van der Waals surface area contributed by atoms with Gasteiger partial charge >= 0.3 is 5.56 Å². The summed E-state index contributed by atoms with van der Waals surface area (Å²) in [6.45, 7) is 2.02. The van der Waals surface area contributed by atoms with Crippen LogP contribution in [-0.2, 0) is 0 Å². The zero-order valence-corrected chi connectivity index (χ0v) is 9.15. The number of ether oxygens (including phenoxy) is 1. The summed E-state index contributed by atoms with van der Waals surface area (Å²) in [6.07, 6.45) is 0. The predicted octanol–water partition coefficient (Wildman–Crippen LogP) is 1.75. The predicted molar refractivity (Wildman–Crippen MR) is 61.6 cm³/mol. The second-order valence-electron chi connectivity index (χ2n) is 3.52. The van der Waals surface area contributed by atoms with Crippen molar-refractivity contribution >= 4 is 0 Å². The second-order valence-corrected chi connectivity index (χ2v) is 3.52. The van der Waals surface area contributed by atoms with Crippen molar-refractivity contribution in [1.29, 1.82) is 0 Å². The molecule has 0 spiro atoms. The lowest BCUT2D eigenvalue weighted by molar-refractivity contribution is 0.407. The molecule has 0 aliphatic rings. The Labute approximate surface area is 92.9 Å². The molecule has 0 bridgehead atoms. The van der Waals surface area contributed by atoms with Gasteiger partial charge in [-0.3, -0.25) is 4.79 Å². The van der Waals surface area contributed by atoms with Gasteiger partial charge in [-0.15, -0.1) is 0 Å². The maximum atomic E-state index is 11.2. The molecule has 0 fully saturated rings. The topological polar surface area (TPSA) is 55.0 Å². The summed E-state index contributed by atoms with van der Waals surface area (Å²) in [5.41, 5.74) is 2.50. The van der Waals surface area contributed by atoms with Gasteiger partial charge in [-0.05, 0) is 6.92 Å². The third-order valence-corrected chi connectivity index (χ3v) is 2.34. The molecule has 1 aromatic carbocycles. The summed E-state index contributed by atoms with van der Waals surface area (Å²) in [5, 5.41) is 6.37. The van der Waals surface area contributed by atoms with E-state index in [-0.39, 0.29) is 11.3 Å². The van der Waals surface area contributed by atoms with Crippen LogP contribution in [0.25, 0.3) is 11.3 Å². The van der Waals surface area contributed by atoms with Gasteiger partial charge in [0, 0.05) is 11.6 Å². The maximum Gasteiger partial charge on any atom is 0.306 e. The van der Waals surface area contributed by atoms with Crippen LogP contribution in [0.3, 0.4) is 0 Å². The molecule has 4 nitrogen and oxygen atoms in total. The quantitative estimate of drug-likeness (QED) is 0.832. The van der Waals surface area contributed by atoms with Gasteiger partial charge in [-0.25, -0.2) is 5.10 Å². The number of aromatic amines is 1. The molecule has 0 amide bonds. The lowest BCUT2D eigenvalue weighted by Gasteiger charge is -2.03. The van der Waals surface area contributed by atoms with Crippen molar-refractivity contribution in [3.63, 3.8) is 0 Å². The Bertz CT molecular complexity index is 544. The van der Waals surface area contributed by atoms with Gasteiger partial charge in [0.25, 0.3) is 0 Å². The highest BCUT2D eigenvalue weighted by Gasteiger charge is 2.04. The number of methoxy groups -OCH3 is 1. The number of aromatic nitrogens is 2. The highest BCUT2D eigenvalue weighted by molar-refractivity contribution is 5.60. The second kappa shape index (κ2) is 4.18. The Hall–Kier alpha value is -2.10. The summed E-state index contributed by atoms with van der Waals surface area (Å²) < 4.78 is 4.95. The molecule has 0 saturated heterocycles. The maximum absolute atomic E-state index is 11.2. The number of benzene rings is 1. The molecule has 0 aliphatic heterocycles. The standard InChI is InChI=1S/C12H12N2O2/c1-8-3-5-9(6-4-8)10-7-11(16-2)12(15)14-13-10/h3-7H,1-2H3,(H,14,15). The zero-order chi connectivity index (χ0) is 11.5. The molecule has 0 saturated carbocycles. The number of nitrogens with one attached hydrogen (secondary N) is 1. The van der Waals surface area contributed by atoms with Crippen molar-refractivity contribution in [2.24, 2.45) is 0 Å². The molecule has 0 aliphatic carbocycles. The summed E-state index contributed by atoms with van der Waals surface area (Å²) in [5.74, 6) is 0.269. The molecule has 1 aromatic heterocycles. The monoisotopic (exact) mass is 216 g/mol. The van der Waals surface area contributed by atoms with Crippen LogP contribution in [0.5, 0.6) is 5.75 Å². The minimum absolute atomic E-state index is 0.269. The Morgan fingerprint density at radius 1 is 1.25 bits per heavy atom. The highest BCUT2D eigenvalue weighted by atomic mass is 16.5. The summed E-state index contributed by atoms with van der Waals surface area (Å²) >= 11 is 0. The van der Waals surface area contributed by atoms with Gasteiger partial charge in [0.1, 0.15) is 0 Å². The van der Waals surface area contributed by atoms with Crippen LogP contribution in [0.15, 0.2) is 35.1 Å². The van der Waals surface area contributed by atoms with Crippen LogP contribution in [0.1, 0.15) is 5.56 Å². The third-order valence-electron chi connectivity index (χ3n) is 2.34. The zero-order valence-electron chi connectivity index (χ0n) is 9.15. The van der Waals surface area contributed by atoms with Crippen LogP contribution in [0.4, 0.5) is 0 Å². The average molecular weight is 216 g/mol. The molecular formula is C12H12N2O2. The lowest BCUT2D eigenvalue weighted by atomic mass is 10.1. The minimum Gasteiger partial charge on any atom is -0.491 e. The van der Waals surface area contributed by atoms with E-state index in [0.717, 1.165) is 5.56 Å². The molecule has 2 rings (SSSR count). The van der Waals surface area contributed by atoms with Gasteiger partial charge < -0.3 is 4.74 Å². The Balaban J connectivity index is 2.48. The van der Waals surface area contributed by atoms with E-state index in [4.69, 9.17) is 4.74 Å². The highest BCUT2D eigenvalue weighted by Crippen LogP contribution is 2.18. The Morgan fingerprint density at radius 2 is 1.94 bits per heavy atom. The van der Waals surface area contributed by atoms with Crippen molar-refractivity contribution in [3.8, 4) is 17.0 Å². The fraction of sp³-hybridized carbons (Fsp3) is 0.167. The molecule has 0 atom stereocenters. The van der Waals surface area contributed by atoms with Gasteiger partial charge in [-0.2, -0.15) is 5.10 Å². The average Bonchev–Trinajstić information content (AvgIpc) is 2.31. The lowest BCUT2D eigenvalue weighted by Crippen LogP contribution is -2.11. The molecular weight excluding hydrogens is 204 g/mol. The van der Waals surface area contributed by atoms with Crippen LogP contribution >= 0.6 is 0 Å². The third kappa shape index (κ3) is 1.95. The fourth-order valence-electron chi connectivity index (χ4n) is 1.41. The van der Waals surface area contributed by atoms with Crippen molar-refractivity contribution in [3.05, 3.63) is 46.2 Å². The first kappa shape index (κ1) is 10.4. The van der Waals surface area contributed by atoms with E-state index in [1.54, 1.807) is 6.07 Å². The molecule has 82 valence electrons. The minimum atomic E-state index is -0.321.